The van der Waals surface area contributed by atoms with Gasteiger partial charge in [0, 0.05) is 24.1 Å². The van der Waals surface area contributed by atoms with Crippen LogP contribution in [0, 0.1) is 0 Å². The molecule has 0 aliphatic rings. The Morgan fingerprint density at radius 1 is 1.18 bits per heavy atom. The summed E-state index contributed by atoms with van der Waals surface area (Å²) in [6, 6.07) is 6.87. The first-order valence-corrected chi connectivity index (χ1v) is 5.17. The highest BCUT2D eigenvalue weighted by molar-refractivity contribution is 5.99. The van der Waals surface area contributed by atoms with Crippen molar-refractivity contribution in [1.82, 2.24) is 4.98 Å². The van der Waals surface area contributed by atoms with E-state index in [4.69, 9.17) is 0 Å². The van der Waals surface area contributed by atoms with Gasteiger partial charge in [0.2, 0.25) is 0 Å². The molecule has 0 atom stereocenters. The third-order valence-electron chi connectivity index (χ3n) is 2.14. The van der Waals surface area contributed by atoms with Crippen LogP contribution in [0.5, 0.6) is 0 Å². The molecule has 2 aromatic heterocycles. The minimum atomic E-state index is -0.276. The first-order valence-electron chi connectivity index (χ1n) is 5.17. The Labute approximate surface area is 99.1 Å². The number of anilines is 2. The van der Waals surface area contributed by atoms with Gasteiger partial charge in [-0.1, -0.05) is 0 Å². The molecule has 2 aromatic rings. The molecule has 5 nitrogen and oxygen atoms in total. The van der Waals surface area contributed by atoms with Crippen molar-refractivity contribution < 1.29 is 9.36 Å². The fourth-order valence-electron chi connectivity index (χ4n) is 1.39. The number of carbonyl (C=O) groups excluding carboxylic acids is 1. The van der Waals surface area contributed by atoms with Crippen LogP contribution in [-0.2, 0) is 7.05 Å². The van der Waals surface area contributed by atoms with E-state index in [0.717, 1.165) is 5.69 Å². The zero-order valence-electron chi connectivity index (χ0n) is 9.42. The molecule has 2 N–H and O–H groups in total. The van der Waals surface area contributed by atoms with Gasteiger partial charge >= 0.3 is 6.03 Å². The van der Waals surface area contributed by atoms with Gasteiger partial charge < -0.3 is 10.6 Å². The second kappa shape index (κ2) is 5.07. The van der Waals surface area contributed by atoms with Gasteiger partial charge in [0.05, 0.1) is 0 Å². The molecule has 0 aliphatic heterocycles. The van der Waals surface area contributed by atoms with Crippen molar-refractivity contribution in [2.24, 2.45) is 7.05 Å². The number of aromatic nitrogens is 2. The summed E-state index contributed by atoms with van der Waals surface area (Å²) in [5.41, 5.74) is 1.44. The number of nitrogens with one attached hydrogen (secondary N) is 2. The number of nitrogens with zero attached hydrogens (tertiary/aromatic N) is 2. The fourth-order valence-corrected chi connectivity index (χ4v) is 1.39. The Balaban J connectivity index is 1.98. The molecular weight excluding hydrogens is 216 g/mol. The second-order valence-corrected chi connectivity index (χ2v) is 3.57. The van der Waals surface area contributed by atoms with E-state index in [2.05, 4.69) is 15.6 Å². The zero-order valence-corrected chi connectivity index (χ0v) is 9.42. The normalized spacial score (nSPS) is 9.71. The van der Waals surface area contributed by atoms with E-state index in [9.17, 15) is 4.79 Å². The average molecular weight is 229 g/mol. The quantitative estimate of drug-likeness (QED) is 0.768. The molecule has 0 unspecified atom stereocenters. The standard InChI is InChI=1S/C12H12N4O/c1-16-8-2-3-11(9-16)15-12(17)14-10-4-6-13-7-5-10/h2-9H,1H3,(H-,13,14,15,17)/p+1. The van der Waals surface area contributed by atoms with Gasteiger partial charge in [-0.05, 0) is 18.2 Å². The molecule has 2 rings (SSSR count). The summed E-state index contributed by atoms with van der Waals surface area (Å²) in [6.07, 6.45) is 6.97. The Bertz CT molecular complexity index is 513. The van der Waals surface area contributed by atoms with Gasteiger partial charge in [0.25, 0.3) is 0 Å². The first-order chi connectivity index (χ1) is 8.24. The molecule has 0 aromatic carbocycles. The number of carbonyl (C=O) groups is 1. The maximum atomic E-state index is 11.6. The SMILES string of the molecule is C[n+]1cccc(NC(=O)Nc2ccncc2)c1. The minimum Gasteiger partial charge on any atom is -0.308 e. The molecule has 2 amide bonds. The van der Waals surface area contributed by atoms with Crippen LogP contribution in [0.25, 0.3) is 0 Å². The van der Waals surface area contributed by atoms with E-state index < -0.39 is 0 Å². The Morgan fingerprint density at radius 3 is 2.59 bits per heavy atom. The van der Waals surface area contributed by atoms with Gasteiger partial charge in [-0.25, -0.2) is 9.36 Å². The fraction of sp³-hybridized carbons (Fsp3) is 0.0833. The monoisotopic (exact) mass is 229 g/mol. The van der Waals surface area contributed by atoms with Crippen LogP contribution in [0.4, 0.5) is 16.2 Å². The summed E-state index contributed by atoms with van der Waals surface area (Å²) < 4.78 is 1.86. The summed E-state index contributed by atoms with van der Waals surface area (Å²) in [6.45, 7) is 0. The minimum absolute atomic E-state index is 0.276. The van der Waals surface area contributed by atoms with E-state index in [1.54, 1.807) is 24.5 Å². The largest absolute Gasteiger partial charge is 0.323 e. The molecule has 0 fully saturated rings. The van der Waals surface area contributed by atoms with Crippen molar-refractivity contribution in [2.45, 2.75) is 0 Å². The van der Waals surface area contributed by atoms with Crippen molar-refractivity contribution in [3.63, 3.8) is 0 Å². The number of hydrogen-bond donors (Lipinski definition) is 2. The molecule has 86 valence electrons. The molecule has 0 saturated heterocycles. The zero-order chi connectivity index (χ0) is 12.1. The van der Waals surface area contributed by atoms with Gasteiger partial charge in [-0.3, -0.25) is 4.98 Å². The van der Waals surface area contributed by atoms with Crippen LogP contribution in [-0.4, -0.2) is 11.0 Å². The smallest absolute Gasteiger partial charge is 0.308 e. The van der Waals surface area contributed by atoms with E-state index in [1.165, 1.54) is 0 Å². The van der Waals surface area contributed by atoms with Crippen molar-refractivity contribution in [3.05, 3.63) is 49.1 Å². The van der Waals surface area contributed by atoms with Gasteiger partial charge in [0.1, 0.15) is 12.7 Å². The number of aryl methyl sites for hydroxylation is 1. The third kappa shape index (κ3) is 3.27. The van der Waals surface area contributed by atoms with Crippen LogP contribution in [0.2, 0.25) is 0 Å². The highest BCUT2D eigenvalue weighted by Crippen LogP contribution is 2.06. The van der Waals surface area contributed by atoms with Crippen molar-refractivity contribution in [1.29, 1.82) is 0 Å². The van der Waals surface area contributed by atoms with E-state index in [0.29, 0.717) is 5.69 Å². The summed E-state index contributed by atoms with van der Waals surface area (Å²) in [5, 5.41) is 5.45. The molecule has 0 aliphatic carbocycles. The Morgan fingerprint density at radius 2 is 1.88 bits per heavy atom. The third-order valence-corrected chi connectivity index (χ3v) is 2.14. The number of amides is 2. The van der Waals surface area contributed by atoms with Crippen LogP contribution in [0.15, 0.2) is 49.1 Å². The van der Waals surface area contributed by atoms with Crippen LogP contribution < -0.4 is 15.2 Å². The topological polar surface area (TPSA) is 57.9 Å². The van der Waals surface area contributed by atoms with Crippen molar-refractivity contribution in [2.75, 3.05) is 10.6 Å². The Hall–Kier alpha value is -2.43. The highest BCUT2D eigenvalue weighted by Gasteiger charge is 2.04. The summed E-state index contributed by atoms with van der Waals surface area (Å²) in [7, 11) is 1.89. The maximum absolute atomic E-state index is 11.6. The van der Waals surface area contributed by atoms with Gasteiger partial charge in [-0.15, -0.1) is 0 Å². The predicted octanol–water partition coefficient (Wildman–Crippen LogP) is 1.55. The number of hydrogen-bond acceptors (Lipinski definition) is 2. The number of urea groups is 1. The second-order valence-electron chi connectivity index (χ2n) is 3.57. The molecule has 0 saturated carbocycles. The number of pyridine rings is 2. The molecule has 17 heavy (non-hydrogen) atoms. The lowest BCUT2D eigenvalue weighted by Gasteiger charge is -2.05. The molecule has 0 radical (unpaired) electrons. The number of rotatable bonds is 2. The molecule has 2 heterocycles. The van der Waals surface area contributed by atoms with Crippen LogP contribution in [0.3, 0.4) is 0 Å². The molecule has 5 heteroatoms. The molecule has 0 bridgehead atoms. The van der Waals surface area contributed by atoms with Crippen molar-refractivity contribution >= 4 is 17.4 Å². The predicted molar refractivity (Wildman–Crippen MR) is 64.5 cm³/mol. The summed E-state index contributed by atoms with van der Waals surface area (Å²) in [4.78, 5) is 15.5. The van der Waals surface area contributed by atoms with E-state index >= 15 is 0 Å². The van der Waals surface area contributed by atoms with E-state index in [1.807, 2.05) is 36.1 Å². The maximum Gasteiger partial charge on any atom is 0.323 e. The Kier molecular flexibility index (Phi) is 3.30. The molecular formula is C12H13N4O+. The lowest BCUT2D eigenvalue weighted by atomic mass is 10.4. The van der Waals surface area contributed by atoms with Crippen LogP contribution >= 0.6 is 0 Å². The van der Waals surface area contributed by atoms with Crippen molar-refractivity contribution in [3.8, 4) is 0 Å². The first kappa shape index (κ1) is 11.1. The highest BCUT2D eigenvalue weighted by atomic mass is 16.2. The lowest BCUT2D eigenvalue weighted by molar-refractivity contribution is -0.670. The van der Waals surface area contributed by atoms with Crippen LogP contribution in [0.1, 0.15) is 0 Å². The van der Waals surface area contributed by atoms with E-state index in [-0.39, 0.29) is 6.03 Å². The van der Waals surface area contributed by atoms with Gasteiger partial charge in [0.15, 0.2) is 12.4 Å². The van der Waals surface area contributed by atoms with Gasteiger partial charge in [-0.2, -0.15) is 0 Å². The summed E-state index contributed by atoms with van der Waals surface area (Å²) in [5.74, 6) is 0. The summed E-state index contributed by atoms with van der Waals surface area (Å²) >= 11 is 0. The molecule has 0 spiro atoms. The lowest BCUT2D eigenvalue weighted by Crippen LogP contribution is -2.28. The average Bonchev–Trinajstić information content (AvgIpc) is 2.30.